The van der Waals surface area contributed by atoms with E-state index in [1.165, 1.54) is 13.8 Å². The number of aliphatic carboxylic acids is 2. The van der Waals surface area contributed by atoms with E-state index >= 15 is 0 Å². The second-order valence-electron chi connectivity index (χ2n) is 5.43. The molecule has 25 heavy (non-hydrogen) atoms. The summed E-state index contributed by atoms with van der Waals surface area (Å²) in [6, 6.07) is 6.55. The summed E-state index contributed by atoms with van der Waals surface area (Å²) >= 11 is 0. The van der Waals surface area contributed by atoms with Gasteiger partial charge < -0.3 is 32.2 Å². The predicted molar refractivity (Wildman–Crippen MR) is 90.6 cm³/mol. The van der Waals surface area contributed by atoms with Crippen molar-refractivity contribution in [1.29, 1.82) is 0 Å². The molecule has 1 aromatic rings. The van der Waals surface area contributed by atoms with Crippen molar-refractivity contribution >= 4 is 17.9 Å². The van der Waals surface area contributed by atoms with Crippen LogP contribution in [0, 0.1) is 0 Å². The summed E-state index contributed by atoms with van der Waals surface area (Å²) in [7, 11) is 0. The molecule has 0 heterocycles. The van der Waals surface area contributed by atoms with Gasteiger partial charge in [-0.15, -0.1) is 0 Å². The minimum absolute atomic E-state index is 0.385. The fraction of sp³-hybridized carbons (Fsp3) is 0.438. The van der Waals surface area contributed by atoms with E-state index in [0.717, 1.165) is 5.56 Å². The lowest BCUT2D eigenvalue weighted by Gasteiger charge is -2.17. The average Bonchev–Trinajstić information content (AvgIpc) is 2.55. The SMILES string of the molecule is C[C@H](N)C(=O)O[C@H](C)[C@H](N)C(=O)O.N[C@@H](Cc1ccccc1)C(=O)O. The first kappa shape index (κ1) is 22.5. The van der Waals surface area contributed by atoms with Gasteiger partial charge in [0.15, 0.2) is 0 Å². The first-order valence-corrected chi connectivity index (χ1v) is 7.53. The topological polar surface area (TPSA) is 179 Å². The zero-order chi connectivity index (χ0) is 19.6. The van der Waals surface area contributed by atoms with Gasteiger partial charge in [0.1, 0.15) is 24.2 Å². The Morgan fingerprint density at radius 3 is 1.92 bits per heavy atom. The van der Waals surface area contributed by atoms with E-state index in [-0.39, 0.29) is 0 Å². The fourth-order valence-electron chi connectivity index (χ4n) is 1.52. The van der Waals surface area contributed by atoms with Gasteiger partial charge in [0.25, 0.3) is 0 Å². The predicted octanol–water partition coefficient (Wildman–Crippen LogP) is -0.682. The first-order valence-electron chi connectivity index (χ1n) is 7.53. The minimum atomic E-state index is -1.22. The molecule has 0 amide bonds. The lowest BCUT2D eigenvalue weighted by molar-refractivity contribution is -0.154. The third-order valence-corrected chi connectivity index (χ3v) is 3.08. The quantitative estimate of drug-likeness (QED) is 0.396. The normalized spacial score (nSPS) is 14.9. The number of nitrogens with two attached hydrogens (primary N) is 3. The molecular weight excluding hydrogens is 330 g/mol. The number of carbonyl (C=O) groups is 3. The molecule has 0 unspecified atom stereocenters. The fourth-order valence-corrected chi connectivity index (χ4v) is 1.52. The molecule has 8 N–H and O–H groups in total. The van der Waals surface area contributed by atoms with E-state index in [0.29, 0.717) is 6.42 Å². The number of carboxylic acid groups (broad SMARTS) is 2. The van der Waals surface area contributed by atoms with Gasteiger partial charge in [0.2, 0.25) is 0 Å². The van der Waals surface area contributed by atoms with Crippen LogP contribution in [-0.4, -0.2) is 52.4 Å². The summed E-state index contributed by atoms with van der Waals surface area (Å²) < 4.78 is 4.67. The van der Waals surface area contributed by atoms with Crippen molar-refractivity contribution in [2.75, 3.05) is 0 Å². The standard InChI is InChI=1S/C9H11NO2.C7H14N2O4/c10-8(9(11)12)6-7-4-2-1-3-5-7;1-3(8)7(12)13-4(2)5(9)6(10)11/h1-5,8H,6,10H2,(H,11,12);3-5H,8-9H2,1-2H3,(H,10,11)/t8-;3-,4+,5-/m00/s1. The van der Waals surface area contributed by atoms with E-state index in [2.05, 4.69) is 4.74 Å². The van der Waals surface area contributed by atoms with Crippen molar-refractivity contribution in [3.05, 3.63) is 35.9 Å². The molecule has 0 spiro atoms. The van der Waals surface area contributed by atoms with Crippen molar-refractivity contribution in [2.45, 2.75) is 44.5 Å². The zero-order valence-corrected chi connectivity index (χ0v) is 14.2. The Morgan fingerprint density at radius 2 is 1.52 bits per heavy atom. The summed E-state index contributed by atoms with van der Waals surface area (Å²) in [6.45, 7) is 2.85. The number of rotatable bonds is 7. The van der Waals surface area contributed by atoms with Gasteiger partial charge in [-0.2, -0.15) is 0 Å². The molecule has 0 saturated heterocycles. The Bertz CT molecular complexity index is 564. The van der Waals surface area contributed by atoms with E-state index in [9.17, 15) is 14.4 Å². The maximum absolute atomic E-state index is 10.9. The highest BCUT2D eigenvalue weighted by Gasteiger charge is 2.24. The number of benzene rings is 1. The zero-order valence-electron chi connectivity index (χ0n) is 14.2. The smallest absolute Gasteiger partial charge is 0.324 e. The number of hydrogen-bond acceptors (Lipinski definition) is 7. The Morgan fingerprint density at radius 1 is 1.00 bits per heavy atom. The summed E-state index contributed by atoms with van der Waals surface area (Å²) in [5.41, 5.74) is 16.7. The maximum atomic E-state index is 10.9. The van der Waals surface area contributed by atoms with Crippen LogP contribution < -0.4 is 17.2 Å². The molecule has 1 rings (SSSR count). The van der Waals surface area contributed by atoms with Crippen molar-refractivity contribution in [1.82, 2.24) is 0 Å². The summed E-state index contributed by atoms with van der Waals surface area (Å²) in [4.78, 5) is 31.6. The van der Waals surface area contributed by atoms with E-state index in [4.69, 9.17) is 27.4 Å². The Hall–Kier alpha value is -2.49. The maximum Gasteiger partial charge on any atom is 0.324 e. The summed E-state index contributed by atoms with van der Waals surface area (Å²) in [5, 5.41) is 17.0. The van der Waals surface area contributed by atoms with E-state index in [1.807, 2.05) is 30.3 Å². The molecule has 0 saturated carbocycles. The van der Waals surface area contributed by atoms with Crippen LogP contribution in [0.4, 0.5) is 0 Å². The molecule has 140 valence electrons. The Labute approximate surface area is 145 Å². The Kier molecular flexibility index (Phi) is 10.0. The van der Waals surface area contributed by atoms with Gasteiger partial charge in [0, 0.05) is 0 Å². The van der Waals surface area contributed by atoms with Gasteiger partial charge in [0.05, 0.1) is 0 Å². The second kappa shape index (κ2) is 11.1. The lowest BCUT2D eigenvalue weighted by Crippen LogP contribution is -2.44. The molecule has 0 bridgehead atoms. The van der Waals surface area contributed by atoms with Crippen molar-refractivity contribution in [3.63, 3.8) is 0 Å². The van der Waals surface area contributed by atoms with E-state index < -0.39 is 42.1 Å². The van der Waals surface area contributed by atoms with Crippen LogP contribution in [0.5, 0.6) is 0 Å². The third-order valence-electron chi connectivity index (χ3n) is 3.08. The van der Waals surface area contributed by atoms with Crippen LogP contribution in [0.15, 0.2) is 30.3 Å². The van der Waals surface area contributed by atoms with Crippen molar-refractivity contribution in [3.8, 4) is 0 Å². The van der Waals surface area contributed by atoms with Crippen molar-refractivity contribution < 1.29 is 29.3 Å². The molecule has 0 aliphatic rings. The highest BCUT2D eigenvalue weighted by Crippen LogP contribution is 2.01. The summed E-state index contributed by atoms with van der Waals surface area (Å²) in [6.07, 6.45) is -0.494. The average molecular weight is 355 g/mol. The van der Waals surface area contributed by atoms with E-state index in [1.54, 1.807) is 0 Å². The second-order valence-corrected chi connectivity index (χ2v) is 5.43. The number of carbonyl (C=O) groups excluding carboxylic acids is 1. The number of hydrogen-bond donors (Lipinski definition) is 5. The van der Waals surface area contributed by atoms with Gasteiger partial charge in [-0.3, -0.25) is 14.4 Å². The molecule has 9 heteroatoms. The minimum Gasteiger partial charge on any atom is -0.480 e. The molecule has 0 aliphatic carbocycles. The van der Waals surface area contributed by atoms with Crippen molar-refractivity contribution in [2.24, 2.45) is 17.2 Å². The number of ether oxygens (including phenoxy) is 1. The summed E-state index contributed by atoms with van der Waals surface area (Å²) in [5.74, 6) is -2.84. The van der Waals surface area contributed by atoms with Gasteiger partial charge in [-0.1, -0.05) is 30.3 Å². The van der Waals surface area contributed by atoms with Gasteiger partial charge >= 0.3 is 17.9 Å². The lowest BCUT2D eigenvalue weighted by atomic mass is 10.1. The molecule has 1 aromatic carbocycles. The monoisotopic (exact) mass is 355 g/mol. The molecular formula is C16H25N3O6. The number of carboxylic acids is 2. The van der Waals surface area contributed by atoms with Crippen LogP contribution in [0.3, 0.4) is 0 Å². The van der Waals surface area contributed by atoms with Gasteiger partial charge in [-0.05, 0) is 25.8 Å². The molecule has 4 atom stereocenters. The van der Waals surface area contributed by atoms with Crippen LogP contribution in [-0.2, 0) is 25.5 Å². The third kappa shape index (κ3) is 9.40. The van der Waals surface area contributed by atoms with Crippen LogP contribution in [0.2, 0.25) is 0 Å². The molecule has 0 fully saturated rings. The van der Waals surface area contributed by atoms with Gasteiger partial charge in [-0.25, -0.2) is 0 Å². The highest BCUT2D eigenvalue weighted by atomic mass is 16.5. The number of esters is 1. The van der Waals surface area contributed by atoms with Crippen LogP contribution in [0.25, 0.3) is 0 Å². The van der Waals surface area contributed by atoms with Crippen LogP contribution in [0.1, 0.15) is 19.4 Å². The molecule has 0 aliphatic heterocycles. The highest BCUT2D eigenvalue weighted by molar-refractivity contribution is 5.77. The molecule has 0 radical (unpaired) electrons. The first-order chi connectivity index (χ1) is 11.6. The molecule has 9 nitrogen and oxygen atoms in total. The molecule has 0 aromatic heterocycles. The Balaban J connectivity index is 0.000000462. The largest absolute Gasteiger partial charge is 0.480 e. The van der Waals surface area contributed by atoms with Crippen LogP contribution >= 0.6 is 0 Å².